The molecule has 1 saturated heterocycles. The smallest absolute Gasteiger partial charge is 0.234 e. The van der Waals surface area contributed by atoms with E-state index in [4.69, 9.17) is 0 Å². The van der Waals surface area contributed by atoms with Crippen molar-refractivity contribution in [2.45, 2.75) is 25.7 Å². The first kappa shape index (κ1) is 14.0. The Kier molecular flexibility index (Phi) is 4.52. The van der Waals surface area contributed by atoms with Crippen molar-refractivity contribution in [1.29, 1.82) is 0 Å². The number of hydrogen-bond acceptors (Lipinski definition) is 4. The molecule has 3 N–H and O–H groups in total. The highest BCUT2D eigenvalue weighted by Crippen LogP contribution is 2.09. The van der Waals surface area contributed by atoms with Gasteiger partial charge in [-0.25, -0.2) is 0 Å². The second kappa shape index (κ2) is 6.14. The molecule has 1 amide bonds. The Bertz CT molecular complexity index is 423. The van der Waals surface area contributed by atoms with Crippen LogP contribution in [0.1, 0.15) is 11.1 Å². The average Bonchev–Trinajstić information content (AvgIpc) is 2.67. The minimum absolute atomic E-state index is 0.0955. The summed E-state index contributed by atoms with van der Waals surface area (Å²) >= 11 is 0. The van der Waals surface area contributed by atoms with E-state index in [-0.39, 0.29) is 12.5 Å². The van der Waals surface area contributed by atoms with Crippen molar-refractivity contribution in [2.75, 3.05) is 19.6 Å². The van der Waals surface area contributed by atoms with Crippen molar-refractivity contribution in [1.82, 2.24) is 10.2 Å². The van der Waals surface area contributed by atoms with Gasteiger partial charge in [-0.05, 0) is 12.5 Å². The Hall–Kier alpha value is -1.43. The van der Waals surface area contributed by atoms with Gasteiger partial charge in [-0.2, -0.15) is 0 Å². The molecule has 1 fully saturated rings. The van der Waals surface area contributed by atoms with E-state index in [2.05, 4.69) is 5.32 Å². The fourth-order valence-corrected chi connectivity index (χ4v) is 2.14. The largest absolute Gasteiger partial charge is 0.389 e. The molecule has 0 radical (unpaired) electrons. The molecular weight excluding hydrogens is 244 g/mol. The number of nitrogens with zero attached hydrogens (tertiary/aromatic N) is 1. The van der Waals surface area contributed by atoms with Gasteiger partial charge in [0.15, 0.2) is 0 Å². The number of benzene rings is 1. The molecule has 2 atom stereocenters. The minimum Gasteiger partial charge on any atom is -0.389 e. The Balaban J connectivity index is 1.74. The fraction of sp³-hybridized carbons (Fsp3) is 0.500. The molecular formula is C14H20N2O3. The molecule has 5 heteroatoms. The number of nitrogens with one attached hydrogen (secondary N) is 1. The van der Waals surface area contributed by atoms with Gasteiger partial charge >= 0.3 is 0 Å². The number of aliphatic hydroxyl groups excluding tert-OH is 2. The van der Waals surface area contributed by atoms with Gasteiger partial charge in [0.05, 0.1) is 18.8 Å². The molecule has 0 bridgehead atoms. The lowest BCUT2D eigenvalue weighted by Crippen LogP contribution is -2.36. The number of β-amino-alcohol motifs (C(OH)–C–C–N with tert-alkyl or cyclic N) is 2. The van der Waals surface area contributed by atoms with E-state index in [0.717, 1.165) is 5.56 Å². The molecule has 2 unspecified atom stereocenters. The third-order valence-electron chi connectivity index (χ3n) is 3.31. The number of carbonyl (C=O) groups is 1. The van der Waals surface area contributed by atoms with Crippen LogP contribution in [-0.2, 0) is 11.3 Å². The van der Waals surface area contributed by atoms with Crippen LogP contribution in [0.3, 0.4) is 0 Å². The number of aryl methyl sites for hydroxylation is 1. The van der Waals surface area contributed by atoms with E-state index in [1.807, 2.05) is 31.2 Å². The molecule has 0 spiro atoms. The van der Waals surface area contributed by atoms with Crippen molar-refractivity contribution in [2.24, 2.45) is 0 Å². The summed E-state index contributed by atoms with van der Waals surface area (Å²) in [5.74, 6) is -0.0955. The topological polar surface area (TPSA) is 72.8 Å². The summed E-state index contributed by atoms with van der Waals surface area (Å²) in [6.07, 6.45) is -1.49. The molecule has 0 aliphatic carbocycles. The van der Waals surface area contributed by atoms with Gasteiger partial charge in [0.2, 0.25) is 5.91 Å². The fourth-order valence-electron chi connectivity index (χ4n) is 2.14. The number of carbonyl (C=O) groups excluding carboxylic acids is 1. The third kappa shape index (κ3) is 4.02. The van der Waals surface area contributed by atoms with Crippen LogP contribution >= 0.6 is 0 Å². The summed E-state index contributed by atoms with van der Waals surface area (Å²) in [7, 11) is 0. The molecule has 2 rings (SSSR count). The SMILES string of the molecule is Cc1ccc(CNC(=O)CN2CC(O)C(O)C2)cc1. The third-order valence-corrected chi connectivity index (χ3v) is 3.31. The number of hydrogen-bond donors (Lipinski definition) is 3. The van der Waals surface area contributed by atoms with Gasteiger partial charge in [-0.1, -0.05) is 29.8 Å². The van der Waals surface area contributed by atoms with Crippen molar-refractivity contribution in [3.63, 3.8) is 0 Å². The number of aliphatic hydroxyl groups is 2. The first-order valence-electron chi connectivity index (χ1n) is 6.45. The highest BCUT2D eigenvalue weighted by Gasteiger charge is 2.30. The van der Waals surface area contributed by atoms with Crippen LogP contribution in [-0.4, -0.2) is 52.9 Å². The van der Waals surface area contributed by atoms with Crippen molar-refractivity contribution in [3.8, 4) is 0 Å². The zero-order chi connectivity index (χ0) is 13.8. The van der Waals surface area contributed by atoms with E-state index < -0.39 is 12.2 Å². The van der Waals surface area contributed by atoms with Gasteiger partial charge in [0, 0.05) is 19.6 Å². The summed E-state index contributed by atoms with van der Waals surface area (Å²) in [6.45, 7) is 3.42. The average molecular weight is 264 g/mol. The van der Waals surface area contributed by atoms with E-state index in [1.165, 1.54) is 5.56 Å². The normalized spacial score (nSPS) is 23.5. The van der Waals surface area contributed by atoms with Gasteiger partial charge in [-0.3, -0.25) is 9.69 Å². The molecule has 1 aromatic carbocycles. The number of likely N-dealkylation sites (tertiary alicyclic amines) is 1. The Labute approximate surface area is 112 Å². The lowest BCUT2D eigenvalue weighted by atomic mass is 10.1. The Morgan fingerprint density at radius 3 is 2.42 bits per heavy atom. The van der Waals surface area contributed by atoms with Crippen LogP contribution in [0, 0.1) is 6.92 Å². The lowest BCUT2D eigenvalue weighted by Gasteiger charge is -2.14. The summed E-state index contributed by atoms with van der Waals surface area (Å²) in [5.41, 5.74) is 2.25. The highest BCUT2D eigenvalue weighted by molar-refractivity contribution is 5.78. The lowest BCUT2D eigenvalue weighted by molar-refractivity contribution is -0.122. The molecule has 1 aliphatic rings. The summed E-state index contributed by atoms with van der Waals surface area (Å²) in [4.78, 5) is 13.5. The zero-order valence-corrected chi connectivity index (χ0v) is 11.0. The van der Waals surface area contributed by atoms with Crippen molar-refractivity contribution >= 4 is 5.91 Å². The van der Waals surface area contributed by atoms with Crippen LogP contribution in [0.5, 0.6) is 0 Å². The molecule has 1 aromatic rings. The molecule has 1 aliphatic heterocycles. The van der Waals surface area contributed by atoms with Crippen LogP contribution in [0.25, 0.3) is 0 Å². The Morgan fingerprint density at radius 1 is 1.26 bits per heavy atom. The monoisotopic (exact) mass is 264 g/mol. The van der Waals surface area contributed by atoms with E-state index >= 15 is 0 Å². The molecule has 0 saturated carbocycles. The zero-order valence-electron chi connectivity index (χ0n) is 11.0. The first-order chi connectivity index (χ1) is 9.04. The van der Waals surface area contributed by atoms with Gasteiger partial charge < -0.3 is 15.5 Å². The maximum atomic E-state index is 11.7. The first-order valence-corrected chi connectivity index (χ1v) is 6.45. The number of amides is 1. The van der Waals surface area contributed by atoms with Crippen LogP contribution in [0.15, 0.2) is 24.3 Å². The van der Waals surface area contributed by atoms with Gasteiger partial charge in [0.25, 0.3) is 0 Å². The standard InChI is InChI=1S/C14H20N2O3/c1-10-2-4-11(5-3-10)6-15-14(19)9-16-7-12(17)13(18)8-16/h2-5,12-13,17-18H,6-9H2,1H3,(H,15,19). The predicted octanol–water partition coefficient (Wildman–Crippen LogP) is -0.351. The second-order valence-corrected chi connectivity index (χ2v) is 5.09. The van der Waals surface area contributed by atoms with Gasteiger partial charge in [-0.15, -0.1) is 0 Å². The van der Waals surface area contributed by atoms with E-state index in [9.17, 15) is 15.0 Å². The highest BCUT2D eigenvalue weighted by atomic mass is 16.3. The molecule has 1 heterocycles. The molecule has 5 nitrogen and oxygen atoms in total. The minimum atomic E-state index is -0.745. The van der Waals surface area contributed by atoms with E-state index in [1.54, 1.807) is 4.90 Å². The molecule has 104 valence electrons. The summed E-state index contributed by atoms with van der Waals surface area (Å²) in [5, 5.41) is 21.6. The quantitative estimate of drug-likeness (QED) is 0.695. The van der Waals surface area contributed by atoms with Crippen LogP contribution in [0.4, 0.5) is 0 Å². The molecule has 0 aromatic heterocycles. The Morgan fingerprint density at radius 2 is 1.84 bits per heavy atom. The summed E-state index contributed by atoms with van der Waals surface area (Å²) in [6, 6.07) is 7.99. The van der Waals surface area contributed by atoms with E-state index in [0.29, 0.717) is 19.6 Å². The maximum Gasteiger partial charge on any atom is 0.234 e. The summed E-state index contributed by atoms with van der Waals surface area (Å²) < 4.78 is 0. The second-order valence-electron chi connectivity index (χ2n) is 5.09. The predicted molar refractivity (Wildman–Crippen MR) is 71.5 cm³/mol. The van der Waals surface area contributed by atoms with Crippen LogP contribution < -0.4 is 5.32 Å². The van der Waals surface area contributed by atoms with Gasteiger partial charge in [0.1, 0.15) is 0 Å². The number of rotatable bonds is 4. The van der Waals surface area contributed by atoms with Crippen LogP contribution in [0.2, 0.25) is 0 Å². The van der Waals surface area contributed by atoms with Crippen molar-refractivity contribution < 1.29 is 15.0 Å². The maximum absolute atomic E-state index is 11.7. The molecule has 19 heavy (non-hydrogen) atoms. The van der Waals surface area contributed by atoms with Crippen molar-refractivity contribution in [3.05, 3.63) is 35.4 Å².